The fourth-order valence-corrected chi connectivity index (χ4v) is 2.10. The van der Waals surface area contributed by atoms with Gasteiger partial charge in [0.25, 0.3) is 0 Å². The van der Waals surface area contributed by atoms with Crippen molar-refractivity contribution in [2.24, 2.45) is 11.3 Å². The van der Waals surface area contributed by atoms with Crippen LogP contribution in [-0.4, -0.2) is 5.78 Å². The zero-order valence-corrected chi connectivity index (χ0v) is 6.26. The van der Waals surface area contributed by atoms with Gasteiger partial charge in [0, 0.05) is 5.41 Å². The fourth-order valence-electron chi connectivity index (χ4n) is 2.10. The van der Waals surface area contributed by atoms with Crippen LogP contribution in [0.3, 0.4) is 0 Å². The van der Waals surface area contributed by atoms with Crippen molar-refractivity contribution in [3.05, 3.63) is 12.2 Å². The van der Waals surface area contributed by atoms with E-state index >= 15 is 0 Å². The highest BCUT2D eigenvalue weighted by Gasteiger charge is 2.41. The highest BCUT2D eigenvalue weighted by Crippen LogP contribution is 2.45. The number of allylic oxidation sites excluding steroid dienone is 2. The lowest BCUT2D eigenvalue weighted by Crippen LogP contribution is -2.24. The normalized spacial score (nSPS) is 44.5. The number of ketones is 1. The van der Waals surface area contributed by atoms with Gasteiger partial charge in [-0.25, -0.2) is 0 Å². The van der Waals surface area contributed by atoms with Crippen LogP contribution in [0.2, 0.25) is 0 Å². The van der Waals surface area contributed by atoms with Crippen LogP contribution in [0.5, 0.6) is 0 Å². The summed E-state index contributed by atoms with van der Waals surface area (Å²) in [5.74, 6) is 1.06. The Hall–Kier alpha value is -0.590. The first kappa shape index (κ1) is 6.14. The van der Waals surface area contributed by atoms with Crippen molar-refractivity contribution < 1.29 is 4.79 Å². The largest absolute Gasteiger partial charge is 0.294 e. The Labute approximate surface area is 61.1 Å². The molecular weight excluding hydrogens is 124 g/mol. The van der Waals surface area contributed by atoms with E-state index in [1.54, 1.807) is 6.08 Å². The third-order valence-corrected chi connectivity index (χ3v) is 2.89. The highest BCUT2D eigenvalue weighted by molar-refractivity contribution is 5.95. The molecule has 2 aliphatic rings. The number of hydrogen-bond donors (Lipinski definition) is 0. The van der Waals surface area contributed by atoms with Gasteiger partial charge in [0.2, 0.25) is 0 Å². The topological polar surface area (TPSA) is 17.1 Å². The van der Waals surface area contributed by atoms with Gasteiger partial charge in [0.05, 0.1) is 0 Å². The average molecular weight is 136 g/mol. The maximum atomic E-state index is 11.3. The van der Waals surface area contributed by atoms with Gasteiger partial charge >= 0.3 is 0 Å². The van der Waals surface area contributed by atoms with Crippen LogP contribution in [0.1, 0.15) is 26.2 Å². The van der Waals surface area contributed by atoms with Gasteiger partial charge in [-0.3, -0.25) is 4.79 Å². The van der Waals surface area contributed by atoms with Crippen molar-refractivity contribution in [3.63, 3.8) is 0 Å². The molecule has 1 heteroatoms. The summed E-state index contributed by atoms with van der Waals surface area (Å²) in [6.45, 7) is 2.10. The minimum atomic E-state index is 0.0272. The second-order valence-corrected chi connectivity index (χ2v) is 3.79. The molecule has 2 unspecified atom stereocenters. The molecular formula is C9H12O. The smallest absolute Gasteiger partial charge is 0.161 e. The molecule has 0 amide bonds. The fraction of sp³-hybridized carbons (Fsp3) is 0.667. The summed E-state index contributed by atoms with van der Waals surface area (Å²) in [4.78, 5) is 11.3. The molecule has 1 nitrogen and oxygen atoms in total. The number of carbonyl (C=O) groups excluding carboxylic acids is 1. The SMILES string of the molecule is CC12CCC(C=CC1=O)C2. The Balaban J connectivity index is 2.38. The second-order valence-electron chi connectivity index (χ2n) is 3.79. The predicted octanol–water partition coefficient (Wildman–Crippen LogP) is 1.93. The molecule has 2 rings (SSSR count). The van der Waals surface area contributed by atoms with Crippen molar-refractivity contribution in [3.8, 4) is 0 Å². The molecule has 0 aromatic heterocycles. The monoisotopic (exact) mass is 136 g/mol. The van der Waals surface area contributed by atoms with Gasteiger partial charge in [-0.15, -0.1) is 0 Å². The summed E-state index contributed by atoms with van der Waals surface area (Å²) < 4.78 is 0. The Bertz CT molecular complexity index is 205. The van der Waals surface area contributed by atoms with Gasteiger partial charge in [0.15, 0.2) is 5.78 Å². The molecule has 0 spiro atoms. The zero-order valence-electron chi connectivity index (χ0n) is 6.26. The number of fused-ring (bicyclic) bond motifs is 2. The molecule has 2 bridgehead atoms. The molecule has 2 atom stereocenters. The Kier molecular flexibility index (Phi) is 1.05. The van der Waals surface area contributed by atoms with Crippen molar-refractivity contribution >= 4 is 5.78 Å². The molecule has 0 heterocycles. The Morgan fingerprint density at radius 2 is 2.50 bits per heavy atom. The number of carbonyl (C=O) groups is 1. The molecule has 54 valence electrons. The lowest BCUT2D eigenvalue weighted by atomic mass is 9.80. The molecule has 10 heavy (non-hydrogen) atoms. The summed E-state index contributed by atoms with van der Waals surface area (Å²) >= 11 is 0. The maximum Gasteiger partial charge on any atom is 0.161 e. The molecule has 0 aliphatic heterocycles. The molecule has 0 aromatic rings. The Morgan fingerprint density at radius 1 is 1.70 bits per heavy atom. The van der Waals surface area contributed by atoms with E-state index in [1.807, 2.05) is 0 Å². The quantitative estimate of drug-likeness (QED) is 0.497. The van der Waals surface area contributed by atoms with Crippen LogP contribution in [0.25, 0.3) is 0 Å². The second kappa shape index (κ2) is 1.71. The third-order valence-electron chi connectivity index (χ3n) is 2.89. The Morgan fingerprint density at radius 3 is 3.20 bits per heavy atom. The van der Waals surface area contributed by atoms with Gasteiger partial charge in [-0.2, -0.15) is 0 Å². The molecule has 0 radical (unpaired) electrons. The van der Waals surface area contributed by atoms with E-state index in [0.29, 0.717) is 11.7 Å². The summed E-state index contributed by atoms with van der Waals surface area (Å²) in [6.07, 6.45) is 7.28. The minimum absolute atomic E-state index is 0.0272. The van der Waals surface area contributed by atoms with Gasteiger partial charge in [0.1, 0.15) is 0 Å². The first-order valence-electron chi connectivity index (χ1n) is 3.93. The molecule has 0 aromatic carbocycles. The van der Waals surface area contributed by atoms with Crippen molar-refractivity contribution in [2.45, 2.75) is 26.2 Å². The van der Waals surface area contributed by atoms with E-state index in [4.69, 9.17) is 0 Å². The lowest BCUT2D eigenvalue weighted by molar-refractivity contribution is -0.123. The van der Waals surface area contributed by atoms with E-state index in [9.17, 15) is 4.79 Å². The first-order valence-corrected chi connectivity index (χ1v) is 3.93. The average Bonchev–Trinajstić information content (AvgIpc) is 2.22. The van der Waals surface area contributed by atoms with Crippen LogP contribution in [-0.2, 0) is 4.79 Å². The molecule has 0 N–H and O–H groups in total. The van der Waals surface area contributed by atoms with Gasteiger partial charge in [-0.05, 0) is 31.3 Å². The summed E-state index contributed by atoms with van der Waals surface area (Å²) in [7, 11) is 0. The van der Waals surface area contributed by atoms with Crippen molar-refractivity contribution in [1.82, 2.24) is 0 Å². The van der Waals surface area contributed by atoms with Gasteiger partial charge in [-0.1, -0.05) is 13.0 Å². The minimum Gasteiger partial charge on any atom is -0.294 e. The highest BCUT2D eigenvalue weighted by atomic mass is 16.1. The van der Waals surface area contributed by atoms with E-state index in [0.717, 1.165) is 12.8 Å². The van der Waals surface area contributed by atoms with Crippen molar-refractivity contribution in [2.75, 3.05) is 0 Å². The zero-order chi connectivity index (χ0) is 7.19. The van der Waals surface area contributed by atoms with E-state index in [1.165, 1.54) is 6.42 Å². The van der Waals surface area contributed by atoms with Crippen LogP contribution < -0.4 is 0 Å². The summed E-state index contributed by atoms with van der Waals surface area (Å²) in [5, 5.41) is 0. The predicted molar refractivity (Wildman–Crippen MR) is 39.6 cm³/mol. The summed E-state index contributed by atoms with van der Waals surface area (Å²) in [5.41, 5.74) is 0.0272. The molecule has 1 fully saturated rings. The van der Waals surface area contributed by atoms with E-state index in [-0.39, 0.29) is 5.41 Å². The van der Waals surface area contributed by atoms with Crippen LogP contribution in [0, 0.1) is 11.3 Å². The van der Waals surface area contributed by atoms with Crippen molar-refractivity contribution in [1.29, 1.82) is 0 Å². The third kappa shape index (κ3) is 0.664. The standard InChI is InChI=1S/C9H12O/c1-9-5-4-7(6-9)2-3-8(9)10/h2-3,7H,4-6H2,1H3. The molecule has 1 saturated carbocycles. The van der Waals surface area contributed by atoms with E-state index in [2.05, 4.69) is 13.0 Å². The lowest BCUT2D eigenvalue weighted by Gasteiger charge is -2.22. The number of rotatable bonds is 0. The number of hydrogen-bond acceptors (Lipinski definition) is 1. The molecule has 0 saturated heterocycles. The van der Waals surface area contributed by atoms with Crippen LogP contribution >= 0.6 is 0 Å². The van der Waals surface area contributed by atoms with E-state index < -0.39 is 0 Å². The maximum absolute atomic E-state index is 11.3. The van der Waals surface area contributed by atoms with Crippen LogP contribution in [0.15, 0.2) is 12.2 Å². The molecule has 2 aliphatic carbocycles. The van der Waals surface area contributed by atoms with Crippen LogP contribution in [0.4, 0.5) is 0 Å². The first-order chi connectivity index (χ1) is 4.71. The van der Waals surface area contributed by atoms with Gasteiger partial charge < -0.3 is 0 Å². The summed E-state index contributed by atoms with van der Waals surface area (Å²) in [6, 6.07) is 0.